The van der Waals surface area contributed by atoms with Crippen LogP contribution in [-0.2, 0) is 11.3 Å². The summed E-state index contributed by atoms with van der Waals surface area (Å²) in [7, 11) is 1.35. The lowest BCUT2D eigenvalue weighted by atomic mass is 10.1. The van der Waals surface area contributed by atoms with Gasteiger partial charge in [-0.25, -0.2) is 9.78 Å². The van der Waals surface area contributed by atoms with Gasteiger partial charge in [-0.3, -0.25) is 0 Å². The maximum Gasteiger partial charge on any atom is 0.349 e. The predicted octanol–water partition coefficient (Wildman–Crippen LogP) is 2.09. The molecule has 5 heteroatoms. The van der Waals surface area contributed by atoms with Crippen LogP contribution >= 0.6 is 11.3 Å². The number of aliphatic hydroxyl groups excluding tert-OH is 1. The van der Waals surface area contributed by atoms with Gasteiger partial charge in [0.2, 0.25) is 0 Å². The zero-order chi connectivity index (χ0) is 12.3. The molecule has 1 N–H and O–H groups in total. The van der Waals surface area contributed by atoms with E-state index >= 15 is 0 Å². The van der Waals surface area contributed by atoms with Gasteiger partial charge in [0, 0.05) is 5.56 Å². The molecule has 0 radical (unpaired) electrons. The number of hydrogen-bond acceptors (Lipinski definition) is 5. The highest BCUT2D eigenvalue weighted by molar-refractivity contribution is 7.16. The van der Waals surface area contributed by atoms with Crippen molar-refractivity contribution in [1.29, 1.82) is 0 Å². The normalized spacial score (nSPS) is 10.2. The van der Waals surface area contributed by atoms with Crippen molar-refractivity contribution in [2.45, 2.75) is 6.61 Å². The van der Waals surface area contributed by atoms with Crippen molar-refractivity contribution in [2.24, 2.45) is 0 Å². The number of nitrogens with zero attached hydrogens (tertiary/aromatic N) is 1. The number of hydrogen-bond donors (Lipinski definition) is 1. The Morgan fingerprint density at radius 3 is 2.71 bits per heavy atom. The highest BCUT2D eigenvalue weighted by Crippen LogP contribution is 2.25. The number of esters is 1. The Kier molecular flexibility index (Phi) is 3.51. The molecule has 0 spiro atoms. The first-order valence-corrected chi connectivity index (χ1v) is 5.80. The monoisotopic (exact) mass is 249 g/mol. The summed E-state index contributed by atoms with van der Waals surface area (Å²) in [6.45, 7) is 0.0194. The fraction of sp³-hybridized carbons (Fsp3) is 0.167. The Morgan fingerprint density at radius 2 is 2.12 bits per heavy atom. The summed E-state index contributed by atoms with van der Waals surface area (Å²) in [6, 6.07) is 7.39. The Bertz CT molecular complexity index is 519. The van der Waals surface area contributed by atoms with Gasteiger partial charge < -0.3 is 9.84 Å². The molecule has 2 aromatic rings. The van der Waals surface area contributed by atoms with Gasteiger partial charge >= 0.3 is 5.97 Å². The van der Waals surface area contributed by atoms with Crippen LogP contribution in [0.5, 0.6) is 0 Å². The van der Waals surface area contributed by atoms with Gasteiger partial charge in [-0.2, -0.15) is 0 Å². The Hall–Kier alpha value is -1.72. The van der Waals surface area contributed by atoms with E-state index < -0.39 is 0 Å². The highest BCUT2D eigenvalue weighted by atomic mass is 32.1. The van der Waals surface area contributed by atoms with Gasteiger partial charge in [0.15, 0.2) is 0 Å². The summed E-state index contributed by atoms with van der Waals surface area (Å²) in [5.74, 6) is -0.374. The summed E-state index contributed by atoms with van der Waals surface area (Å²) in [5.41, 5.74) is 1.76. The number of rotatable bonds is 3. The van der Waals surface area contributed by atoms with E-state index in [0.29, 0.717) is 4.88 Å². The number of carbonyl (C=O) groups excluding carboxylic acids is 1. The zero-order valence-electron chi connectivity index (χ0n) is 9.21. The highest BCUT2D eigenvalue weighted by Gasteiger charge is 2.11. The molecular weight excluding hydrogens is 238 g/mol. The molecule has 2 rings (SSSR count). The van der Waals surface area contributed by atoms with E-state index in [0.717, 1.165) is 16.1 Å². The molecule has 0 aliphatic rings. The molecule has 1 heterocycles. The van der Waals surface area contributed by atoms with E-state index in [1.807, 2.05) is 24.3 Å². The van der Waals surface area contributed by atoms with Crippen molar-refractivity contribution < 1.29 is 14.6 Å². The molecule has 0 saturated heterocycles. The number of aliphatic hydroxyl groups is 1. The minimum atomic E-state index is -0.374. The molecule has 17 heavy (non-hydrogen) atoms. The smallest absolute Gasteiger partial charge is 0.349 e. The fourth-order valence-electron chi connectivity index (χ4n) is 1.36. The SMILES string of the molecule is COC(=O)c1cnc(-c2ccc(CO)cc2)s1. The maximum atomic E-state index is 11.3. The van der Waals surface area contributed by atoms with Crippen molar-refractivity contribution in [3.8, 4) is 10.6 Å². The molecule has 0 aliphatic carbocycles. The van der Waals surface area contributed by atoms with Crippen LogP contribution in [0, 0.1) is 0 Å². The second-order valence-electron chi connectivity index (χ2n) is 3.38. The second kappa shape index (κ2) is 5.07. The minimum Gasteiger partial charge on any atom is -0.465 e. The molecular formula is C12H11NO3S. The van der Waals surface area contributed by atoms with E-state index in [1.54, 1.807) is 0 Å². The van der Waals surface area contributed by atoms with Crippen molar-refractivity contribution in [3.05, 3.63) is 40.9 Å². The van der Waals surface area contributed by atoms with Crippen LogP contribution in [-0.4, -0.2) is 23.2 Å². The summed E-state index contributed by atoms with van der Waals surface area (Å²) >= 11 is 1.28. The molecule has 0 atom stereocenters. The maximum absolute atomic E-state index is 11.3. The Labute approximate surface area is 103 Å². The van der Waals surface area contributed by atoms with Crippen LogP contribution < -0.4 is 0 Å². The lowest BCUT2D eigenvalue weighted by molar-refractivity contribution is 0.0606. The molecule has 0 fully saturated rings. The molecule has 1 aromatic carbocycles. The summed E-state index contributed by atoms with van der Waals surface area (Å²) in [5, 5.41) is 9.69. The quantitative estimate of drug-likeness (QED) is 0.846. The first kappa shape index (κ1) is 11.8. The van der Waals surface area contributed by atoms with Crippen molar-refractivity contribution in [1.82, 2.24) is 4.98 Å². The van der Waals surface area contributed by atoms with E-state index in [9.17, 15) is 4.79 Å². The third kappa shape index (κ3) is 2.51. The van der Waals surface area contributed by atoms with Crippen LogP contribution in [0.4, 0.5) is 0 Å². The number of aromatic nitrogens is 1. The molecule has 4 nitrogen and oxygen atoms in total. The van der Waals surface area contributed by atoms with E-state index in [2.05, 4.69) is 9.72 Å². The standard InChI is InChI=1S/C12H11NO3S/c1-16-12(15)10-6-13-11(17-10)9-4-2-8(7-14)3-5-9/h2-6,14H,7H2,1H3. The summed E-state index contributed by atoms with van der Waals surface area (Å²) in [6.07, 6.45) is 1.51. The minimum absolute atomic E-state index is 0.0194. The molecule has 0 amide bonds. The van der Waals surface area contributed by atoms with Gasteiger partial charge in [-0.05, 0) is 5.56 Å². The van der Waals surface area contributed by atoms with Crippen molar-refractivity contribution in [2.75, 3.05) is 7.11 Å². The second-order valence-corrected chi connectivity index (χ2v) is 4.41. The Morgan fingerprint density at radius 1 is 1.41 bits per heavy atom. The van der Waals surface area contributed by atoms with E-state index in [-0.39, 0.29) is 12.6 Å². The van der Waals surface area contributed by atoms with Crippen molar-refractivity contribution in [3.63, 3.8) is 0 Å². The average molecular weight is 249 g/mol. The average Bonchev–Trinajstić information content (AvgIpc) is 2.87. The number of thiazole rings is 1. The van der Waals surface area contributed by atoms with E-state index in [4.69, 9.17) is 5.11 Å². The largest absolute Gasteiger partial charge is 0.465 e. The third-order valence-corrected chi connectivity index (χ3v) is 3.30. The first-order chi connectivity index (χ1) is 8.24. The van der Waals surface area contributed by atoms with Gasteiger partial charge in [0.25, 0.3) is 0 Å². The Balaban J connectivity index is 2.27. The first-order valence-electron chi connectivity index (χ1n) is 4.99. The van der Waals surface area contributed by atoms with E-state index in [1.165, 1.54) is 24.6 Å². The van der Waals surface area contributed by atoms with Crippen LogP contribution in [0.2, 0.25) is 0 Å². The van der Waals surface area contributed by atoms with Crippen LogP contribution in [0.3, 0.4) is 0 Å². The summed E-state index contributed by atoms with van der Waals surface area (Å²) in [4.78, 5) is 15.9. The van der Waals surface area contributed by atoms with Crippen LogP contribution in [0.15, 0.2) is 30.5 Å². The van der Waals surface area contributed by atoms with Gasteiger partial charge in [-0.15, -0.1) is 11.3 Å². The predicted molar refractivity (Wildman–Crippen MR) is 64.8 cm³/mol. The number of ether oxygens (including phenoxy) is 1. The molecule has 1 aromatic heterocycles. The van der Waals surface area contributed by atoms with Gasteiger partial charge in [0.05, 0.1) is 19.9 Å². The molecule has 0 unspecified atom stereocenters. The number of carbonyl (C=O) groups is 1. The number of methoxy groups -OCH3 is 1. The summed E-state index contributed by atoms with van der Waals surface area (Å²) < 4.78 is 4.62. The van der Waals surface area contributed by atoms with Crippen LogP contribution in [0.25, 0.3) is 10.6 Å². The van der Waals surface area contributed by atoms with Crippen molar-refractivity contribution >= 4 is 17.3 Å². The molecule has 0 aliphatic heterocycles. The lowest BCUT2D eigenvalue weighted by Crippen LogP contribution is -1.96. The third-order valence-electron chi connectivity index (χ3n) is 2.28. The molecule has 0 saturated carbocycles. The lowest BCUT2D eigenvalue weighted by Gasteiger charge is -1.98. The van der Waals surface area contributed by atoms with Gasteiger partial charge in [0.1, 0.15) is 9.88 Å². The zero-order valence-corrected chi connectivity index (χ0v) is 10.0. The van der Waals surface area contributed by atoms with Crippen LogP contribution in [0.1, 0.15) is 15.2 Å². The number of benzene rings is 1. The topological polar surface area (TPSA) is 59.4 Å². The molecule has 88 valence electrons. The molecule has 0 bridgehead atoms. The van der Waals surface area contributed by atoms with Gasteiger partial charge in [-0.1, -0.05) is 24.3 Å². The fourth-order valence-corrected chi connectivity index (χ4v) is 2.19.